The van der Waals surface area contributed by atoms with Crippen molar-refractivity contribution in [3.8, 4) is 5.75 Å². The minimum absolute atomic E-state index is 0.0396. The molecule has 3 amide bonds. The SMILES string of the molecule is C[C@@H](OC(=O)c1ccc(COc2ccccc2)o1)C(=O)N1CCNC1=O. The van der Waals surface area contributed by atoms with Crippen LogP contribution in [0.5, 0.6) is 5.75 Å². The Hall–Kier alpha value is -3.29. The number of imide groups is 1. The number of esters is 1. The molecule has 8 nitrogen and oxygen atoms in total. The number of nitrogens with zero attached hydrogens (tertiary/aromatic N) is 1. The highest BCUT2D eigenvalue weighted by molar-refractivity contribution is 5.99. The molecular weight excluding hydrogens is 340 g/mol. The van der Waals surface area contributed by atoms with Gasteiger partial charge in [0.1, 0.15) is 18.1 Å². The van der Waals surface area contributed by atoms with E-state index in [1.807, 2.05) is 18.2 Å². The molecule has 1 aliphatic rings. The van der Waals surface area contributed by atoms with Gasteiger partial charge in [-0.1, -0.05) is 18.2 Å². The number of carbonyl (C=O) groups excluding carboxylic acids is 3. The fourth-order valence-corrected chi connectivity index (χ4v) is 2.41. The summed E-state index contributed by atoms with van der Waals surface area (Å²) in [7, 11) is 0. The molecule has 1 aromatic heterocycles. The Bertz CT molecular complexity index is 801. The first-order valence-corrected chi connectivity index (χ1v) is 8.11. The number of rotatable bonds is 6. The van der Waals surface area contributed by atoms with Crippen LogP contribution < -0.4 is 10.1 Å². The molecule has 0 saturated carbocycles. The van der Waals surface area contributed by atoms with Crippen molar-refractivity contribution in [2.45, 2.75) is 19.6 Å². The minimum atomic E-state index is -1.10. The largest absolute Gasteiger partial charge is 0.486 e. The monoisotopic (exact) mass is 358 g/mol. The van der Waals surface area contributed by atoms with Crippen molar-refractivity contribution in [2.75, 3.05) is 13.1 Å². The average molecular weight is 358 g/mol. The number of benzene rings is 1. The highest BCUT2D eigenvalue weighted by Crippen LogP contribution is 2.15. The van der Waals surface area contributed by atoms with Gasteiger partial charge in [0.05, 0.1) is 0 Å². The topological polar surface area (TPSA) is 98.1 Å². The van der Waals surface area contributed by atoms with Crippen LogP contribution in [0.2, 0.25) is 0 Å². The van der Waals surface area contributed by atoms with Crippen LogP contribution in [0.3, 0.4) is 0 Å². The van der Waals surface area contributed by atoms with E-state index in [-0.39, 0.29) is 18.9 Å². The molecule has 1 fully saturated rings. The van der Waals surface area contributed by atoms with E-state index in [4.69, 9.17) is 13.9 Å². The van der Waals surface area contributed by atoms with Crippen molar-refractivity contribution in [3.63, 3.8) is 0 Å². The molecule has 1 N–H and O–H groups in total. The second kappa shape index (κ2) is 7.73. The van der Waals surface area contributed by atoms with Gasteiger partial charge in [0.15, 0.2) is 6.10 Å². The zero-order valence-corrected chi connectivity index (χ0v) is 14.1. The summed E-state index contributed by atoms with van der Waals surface area (Å²) in [5.41, 5.74) is 0. The smallest absolute Gasteiger partial charge is 0.375 e. The van der Waals surface area contributed by atoms with E-state index in [1.165, 1.54) is 13.0 Å². The third kappa shape index (κ3) is 4.02. The lowest BCUT2D eigenvalue weighted by atomic mass is 10.3. The number of amides is 3. The maximum Gasteiger partial charge on any atom is 0.375 e. The van der Waals surface area contributed by atoms with Crippen molar-refractivity contribution in [1.82, 2.24) is 10.2 Å². The van der Waals surface area contributed by atoms with Crippen molar-refractivity contribution in [1.29, 1.82) is 0 Å². The van der Waals surface area contributed by atoms with E-state index in [1.54, 1.807) is 18.2 Å². The molecule has 0 aliphatic carbocycles. The Morgan fingerprint density at radius 1 is 1.23 bits per heavy atom. The van der Waals surface area contributed by atoms with E-state index in [2.05, 4.69) is 5.32 Å². The number of furan rings is 1. The number of hydrogen-bond donors (Lipinski definition) is 1. The molecule has 2 aromatic rings. The number of hydrogen-bond acceptors (Lipinski definition) is 6. The predicted molar refractivity (Wildman–Crippen MR) is 89.5 cm³/mol. The summed E-state index contributed by atoms with van der Waals surface area (Å²) in [5, 5.41) is 2.51. The highest BCUT2D eigenvalue weighted by Gasteiger charge is 2.32. The summed E-state index contributed by atoms with van der Waals surface area (Å²) in [4.78, 5) is 36.7. The van der Waals surface area contributed by atoms with Crippen molar-refractivity contribution in [3.05, 3.63) is 54.0 Å². The number of para-hydroxylation sites is 1. The van der Waals surface area contributed by atoms with Crippen molar-refractivity contribution >= 4 is 17.9 Å². The number of urea groups is 1. The zero-order chi connectivity index (χ0) is 18.5. The van der Waals surface area contributed by atoms with E-state index < -0.39 is 24.0 Å². The lowest BCUT2D eigenvalue weighted by molar-refractivity contribution is -0.136. The summed E-state index contributed by atoms with van der Waals surface area (Å²) < 4.78 is 16.0. The number of ether oxygens (including phenoxy) is 2. The van der Waals surface area contributed by atoms with Gasteiger partial charge in [0, 0.05) is 13.1 Å². The molecule has 0 bridgehead atoms. The molecule has 8 heteroatoms. The van der Waals surface area contributed by atoms with Crippen molar-refractivity contribution in [2.24, 2.45) is 0 Å². The van der Waals surface area contributed by atoms with Gasteiger partial charge in [-0.2, -0.15) is 0 Å². The van der Waals surface area contributed by atoms with Crippen LogP contribution in [-0.4, -0.2) is 42.0 Å². The summed E-state index contributed by atoms with van der Waals surface area (Å²) in [6, 6.07) is 11.7. The lowest BCUT2D eigenvalue weighted by Gasteiger charge is -2.17. The maximum atomic E-state index is 12.1. The van der Waals surface area contributed by atoms with Crippen LogP contribution in [0.15, 0.2) is 46.9 Å². The van der Waals surface area contributed by atoms with Crippen LogP contribution in [0, 0.1) is 0 Å². The maximum absolute atomic E-state index is 12.1. The first kappa shape index (κ1) is 17.5. The molecule has 0 spiro atoms. The molecule has 0 unspecified atom stereocenters. The van der Waals surface area contributed by atoms with Crippen LogP contribution in [0.1, 0.15) is 23.2 Å². The third-order valence-corrected chi connectivity index (χ3v) is 3.74. The van der Waals surface area contributed by atoms with Gasteiger partial charge in [-0.15, -0.1) is 0 Å². The molecule has 0 radical (unpaired) electrons. The summed E-state index contributed by atoms with van der Waals surface area (Å²) in [5.74, 6) is -0.277. The standard InChI is InChI=1S/C18H18N2O6/c1-12(16(21)20-10-9-19-18(20)23)25-17(22)15-8-7-14(26-15)11-24-13-5-3-2-4-6-13/h2-8,12H,9-11H2,1H3,(H,19,23)/t12-/m1/s1. The molecular formula is C18H18N2O6. The Morgan fingerprint density at radius 2 is 2.00 bits per heavy atom. The van der Waals surface area contributed by atoms with Gasteiger partial charge in [-0.3, -0.25) is 9.69 Å². The first-order chi connectivity index (χ1) is 12.5. The van der Waals surface area contributed by atoms with Gasteiger partial charge < -0.3 is 19.2 Å². The highest BCUT2D eigenvalue weighted by atomic mass is 16.6. The van der Waals surface area contributed by atoms with Crippen molar-refractivity contribution < 1.29 is 28.3 Å². The van der Waals surface area contributed by atoms with Gasteiger partial charge in [0.25, 0.3) is 5.91 Å². The molecule has 2 heterocycles. The molecule has 3 rings (SSSR count). The molecule has 1 saturated heterocycles. The van der Waals surface area contributed by atoms with E-state index in [0.29, 0.717) is 18.1 Å². The quantitative estimate of drug-likeness (QED) is 0.793. The van der Waals surface area contributed by atoms with E-state index in [0.717, 1.165) is 4.90 Å². The van der Waals surface area contributed by atoms with E-state index >= 15 is 0 Å². The normalized spacial score (nSPS) is 14.7. The van der Waals surface area contributed by atoms with Crippen LogP contribution in [0.4, 0.5) is 4.79 Å². The van der Waals surface area contributed by atoms with Gasteiger partial charge >= 0.3 is 12.0 Å². The summed E-state index contributed by atoms with van der Waals surface area (Å²) in [6.07, 6.45) is -1.10. The van der Waals surface area contributed by atoms with Crippen LogP contribution >= 0.6 is 0 Å². The Balaban J connectivity index is 1.54. The fourth-order valence-electron chi connectivity index (χ4n) is 2.41. The Morgan fingerprint density at radius 3 is 2.69 bits per heavy atom. The zero-order valence-electron chi connectivity index (χ0n) is 14.1. The molecule has 136 valence electrons. The van der Waals surface area contributed by atoms with Gasteiger partial charge in [-0.25, -0.2) is 9.59 Å². The second-order valence-corrected chi connectivity index (χ2v) is 5.64. The third-order valence-electron chi connectivity index (χ3n) is 3.74. The van der Waals surface area contributed by atoms with E-state index in [9.17, 15) is 14.4 Å². The first-order valence-electron chi connectivity index (χ1n) is 8.11. The molecule has 1 aromatic carbocycles. The minimum Gasteiger partial charge on any atom is -0.486 e. The lowest BCUT2D eigenvalue weighted by Crippen LogP contribution is -2.41. The average Bonchev–Trinajstić information content (AvgIpc) is 3.29. The van der Waals surface area contributed by atoms with Gasteiger partial charge in [0.2, 0.25) is 5.76 Å². The fraction of sp³-hybridized carbons (Fsp3) is 0.278. The molecule has 1 aliphatic heterocycles. The van der Waals surface area contributed by atoms with Gasteiger partial charge in [-0.05, 0) is 31.2 Å². The summed E-state index contributed by atoms with van der Waals surface area (Å²) >= 11 is 0. The summed E-state index contributed by atoms with van der Waals surface area (Å²) in [6.45, 7) is 2.20. The van der Waals surface area contributed by atoms with Crippen LogP contribution in [0.25, 0.3) is 0 Å². The molecule has 26 heavy (non-hydrogen) atoms. The number of carbonyl (C=O) groups is 3. The number of nitrogens with one attached hydrogen (secondary N) is 1. The Labute approximate surface area is 149 Å². The second-order valence-electron chi connectivity index (χ2n) is 5.64. The Kier molecular flexibility index (Phi) is 5.21. The molecule has 1 atom stereocenters. The predicted octanol–water partition coefficient (Wildman–Crippen LogP) is 1.96. The van der Waals surface area contributed by atoms with Crippen LogP contribution in [-0.2, 0) is 16.1 Å².